The summed E-state index contributed by atoms with van der Waals surface area (Å²) in [6, 6.07) is 0. The minimum absolute atomic E-state index is 0. The maximum Gasteiger partial charge on any atom is 0.0426 e. The van der Waals surface area contributed by atoms with Crippen LogP contribution >= 0.6 is 0 Å². The summed E-state index contributed by atoms with van der Waals surface area (Å²) in [4.78, 5) is 0. The van der Waals surface area contributed by atoms with Crippen molar-refractivity contribution in [1.29, 1.82) is 0 Å². The first-order chi connectivity index (χ1) is 1.91. The van der Waals surface area contributed by atoms with Gasteiger partial charge in [0.05, 0.1) is 0 Å². The van der Waals surface area contributed by atoms with Gasteiger partial charge in [-0.1, -0.05) is 14.9 Å². The van der Waals surface area contributed by atoms with Gasteiger partial charge in [-0.2, -0.15) is 0 Å². The third-order valence-electron chi connectivity index (χ3n) is 0.204. The fourth-order valence-electron chi connectivity index (χ4n) is 0. The molecule has 0 fully saturated rings. The highest BCUT2D eigenvalue weighted by Crippen LogP contribution is 1.15. The molecular formula is C4H16N2. The van der Waals surface area contributed by atoms with Gasteiger partial charge in [-0.05, 0) is 7.05 Å². The number of nitrogens with two attached hydrogens (primary N) is 1. The van der Waals surface area contributed by atoms with Gasteiger partial charge in [0.25, 0.3) is 0 Å². The molecule has 2 nitrogen and oxygen atoms in total. The molecule has 0 aromatic rings. The molecule has 0 unspecified atom stereocenters. The Hall–Kier alpha value is -0.0800. The standard InChI is InChI=1S/C2H8N2.2CH4/c1-4-2-3;;/h4H,2-3H2,1H3;2*1H4. The van der Waals surface area contributed by atoms with Crippen molar-refractivity contribution in [3.63, 3.8) is 0 Å². The minimum atomic E-state index is 0. The van der Waals surface area contributed by atoms with Crippen LogP contribution in [0, 0.1) is 0 Å². The van der Waals surface area contributed by atoms with Crippen molar-refractivity contribution in [1.82, 2.24) is 5.32 Å². The van der Waals surface area contributed by atoms with E-state index in [0.717, 1.165) is 0 Å². The SMILES string of the molecule is C.C.CNCN. The highest BCUT2D eigenvalue weighted by molar-refractivity contribution is 4.12. The van der Waals surface area contributed by atoms with Crippen LogP contribution in [0.2, 0.25) is 0 Å². The molecule has 0 saturated carbocycles. The van der Waals surface area contributed by atoms with Gasteiger partial charge in [0.1, 0.15) is 0 Å². The van der Waals surface area contributed by atoms with Gasteiger partial charge >= 0.3 is 0 Å². The summed E-state index contributed by atoms with van der Waals surface area (Å²) < 4.78 is 0. The van der Waals surface area contributed by atoms with Gasteiger partial charge < -0.3 is 11.1 Å². The van der Waals surface area contributed by atoms with Crippen LogP contribution in [-0.4, -0.2) is 13.7 Å². The van der Waals surface area contributed by atoms with E-state index in [0.29, 0.717) is 6.67 Å². The first-order valence-corrected chi connectivity index (χ1v) is 1.26. The van der Waals surface area contributed by atoms with Crippen LogP contribution in [0.5, 0.6) is 0 Å². The van der Waals surface area contributed by atoms with E-state index in [9.17, 15) is 0 Å². The van der Waals surface area contributed by atoms with Crippen molar-refractivity contribution in [2.75, 3.05) is 13.7 Å². The predicted octanol–water partition coefficient (Wildman–Crippen LogP) is 0.394. The smallest absolute Gasteiger partial charge is 0.0426 e. The summed E-state index contributed by atoms with van der Waals surface area (Å²) in [6.45, 7) is 0.569. The molecule has 6 heavy (non-hydrogen) atoms. The van der Waals surface area contributed by atoms with Gasteiger partial charge in [0.15, 0.2) is 0 Å². The lowest BCUT2D eigenvalue weighted by atomic mass is 11.1. The zero-order valence-corrected chi connectivity index (χ0v) is 2.78. The molecule has 2 heteroatoms. The van der Waals surface area contributed by atoms with Crippen LogP contribution in [0.25, 0.3) is 0 Å². The van der Waals surface area contributed by atoms with Crippen LogP contribution in [0.1, 0.15) is 14.9 Å². The lowest BCUT2D eigenvalue weighted by molar-refractivity contribution is 0.833. The third kappa shape index (κ3) is 39.5. The van der Waals surface area contributed by atoms with Gasteiger partial charge in [-0.15, -0.1) is 0 Å². The van der Waals surface area contributed by atoms with Gasteiger partial charge in [0.2, 0.25) is 0 Å². The molecule has 0 spiro atoms. The molecule has 42 valence electrons. The lowest BCUT2D eigenvalue weighted by Gasteiger charge is -1.77. The molecule has 0 aromatic carbocycles. The first-order valence-electron chi connectivity index (χ1n) is 1.26. The van der Waals surface area contributed by atoms with Gasteiger partial charge in [-0.25, -0.2) is 0 Å². The van der Waals surface area contributed by atoms with Crippen LogP contribution in [0.15, 0.2) is 0 Å². The lowest BCUT2D eigenvalue weighted by Crippen LogP contribution is -2.15. The van der Waals surface area contributed by atoms with Crippen molar-refractivity contribution in [3.8, 4) is 0 Å². The van der Waals surface area contributed by atoms with Crippen molar-refractivity contribution in [2.45, 2.75) is 14.9 Å². The zero-order valence-electron chi connectivity index (χ0n) is 2.78. The summed E-state index contributed by atoms with van der Waals surface area (Å²) in [5.74, 6) is 0. The molecule has 0 bridgehead atoms. The number of hydrogen-bond acceptors (Lipinski definition) is 2. The van der Waals surface area contributed by atoms with E-state index in [1.807, 2.05) is 0 Å². The van der Waals surface area contributed by atoms with Gasteiger partial charge in [0, 0.05) is 6.67 Å². The van der Waals surface area contributed by atoms with E-state index in [4.69, 9.17) is 5.73 Å². The Labute approximate surface area is 40.7 Å². The highest BCUT2D eigenvalue weighted by atomic mass is 14.9. The molecule has 0 saturated heterocycles. The molecule has 0 amide bonds. The van der Waals surface area contributed by atoms with Crippen LogP contribution in [0.3, 0.4) is 0 Å². The third-order valence-corrected chi connectivity index (χ3v) is 0.204. The molecule has 0 atom stereocenters. The van der Waals surface area contributed by atoms with E-state index in [1.165, 1.54) is 0 Å². The average molecular weight is 92.2 g/mol. The van der Waals surface area contributed by atoms with E-state index in [1.54, 1.807) is 7.05 Å². The Morgan fingerprint density at radius 1 is 1.50 bits per heavy atom. The first kappa shape index (κ1) is 16.8. The fourth-order valence-corrected chi connectivity index (χ4v) is 0. The highest BCUT2D eigenvalue weighted by Gasteiger charge is 1.49. The van der Waals surface area contributed by atoms with Gasteiger partial charge in [-0.3, -0.25) is 0 Å². The number of nitrogens with one attached hydrogen (secondary N) is 1. The molecule has 0 radical (unpaired) electrons. The molecule has 0 aliphatic rings. The Kier molecular flexibility index (Phi) is 57.4. The van der Waals surface area contributed by atoms with Crippen molar-refractivity contribution < 1.29 is 0 Å². The monoisotopic (exact) mass is 92.1 g/mol. The molecule has 0 rings (SSSR count). The summed E-state index contributed by atoms with van der Waals surface area (Å²) >= 11 is 0. The maximum absolute atomic E-state index is 4.92. The number of hydrogen-bond donors (Lipinski definition) is 2. The second-order valence-electron chi connectivity index (χ2n) is 0.558. The van der Waals surface area contributed by atoms with Crippen molar-refractivity contribution in [3.05, 3.63) is 0 Å². The van der Waals surface area contributed by atoms with E-state index >= 15 is 0 Å². The van der Waals surface area contributed by atoms with Crippen molar-refractivity contribution in [2.24, 2.45) is 5.73 Å². The quantitative estimate of drug-likeness (QED) is 0.459. The fraction of sp³-hybridized carbons (Fsp3) is 1.00. The van der Waals surface area contributed by atoms with Crippen LogP contribution < -0.4 is 11.1 Å². The number of rotatable bonds is 1. The van der Waals surface area contributed by atoms with E-state index in [-0.39, 0.29) is 14.9 Å². The summed E-state index contributed by atoms with van der Waals surface area (Å²) in [5.41, 5.74) is 4.92. The van der Waals surface area contributed by atoms with Crippen LogP contribution in [0.4, 0.5) is 0 Å². The minimum Gasteiger partial charge on any atom is -0.319 e. The van der Waals surface area contributed by atoms with E-state index in [2.05, 4.69) is 5.32 Å². The Balaban J connectivity index is -0.0000000450. The largest absolute Gasteiger partial charge is 0.319 e. The Morgan fingerprint density at radius 2 is 1.67 bits per heavy atom. The summed E-state index contributed by atoms with van der Waals surface area (Å²) in [6.07, 6.45) is 0. The Morgan fingerprint density at radius 3 is 1.67 bits per heavy atom. The second kappa shape index (κ2) is 20.5. The molecular weight excluding hydrogens is 76.1 g/mol. The van der Waals surface area contributed by atoms with Crippen molar-refractivity contribution >= 4 is 0 Å². The molecule has 0 heterocycles. The summed E-state index contributed by atoms with van der Waals surface area (Å²) in [5, 5.41) is 2.71. The molecule has 3 N–H and O–H groups in total. The molecule has 0 aliphatic heterocycles. The maximum atomic E-state index is 4.92. The molecule has 0 aliphatic carbocycles. The summed E-state index contributed by atoms with van der Waals surface area (Å²) in [7, 11) is 1.81. The van der Waals surface area contributed by atoms with E-state index < -0.39 is 0 Å². The average Bonchev–Trinajstić information content (AvgIpc) is 1.37. The second-order valence-corrected chi connectivity index (χ2v) is 0.558. The zero-order chi connectivity index (χ0) is 3.41. The van der Waals surface area contributed by atoms with Crippen LogP contribution in [-0.2, 0) is 0 Å². The normalized spacial score (nSPS) is 5.00. The topological polar surface area (TPSA) is 38.0 Å². The predicted molar refractivity (Wildman–Crippen MR) is 31.6 cm³/mol. The molecule has 0 aromatic heterocycles. The Bertz CT molecular complexity index is 7.51.